The van der Waals surface area contributed by atoms with Crippen LogP contribution in [0.1, 0.15) is 37.6 Å². The third kappa shape index (κ3) is 3.50. The summed E-state index contributed by atoms with van der Waals surface area (Å²) in [5.41, 5.74) is 9.54. The van der Waals surface area contributed by atoms with E-state index in [1.807, 2.05) is 37.4 Å². The third-order valence-corrected chi connectivity index (χ3v) is 3.92. The monoisotopic (exact) mass is 324 g/mol. The van der Waals surface area contributed by atoms with Crippen LogP contribution in [0.5, 0.6) is 5.75 Å². The summed E-state index contributed by atoms with van der Waals surface area (Å²) in [7, 11) is 0. The molecule has 5 nitrogen and oxygen atoms in total. The van der Waals surface area contributed by atoms with Crippen molar-refractivity contribution < 1.29 is 4.74 Å². The number of nitrogen functional groups attached to an aromatic ring is 1. The highest BCUT2D eigenvalue weighted by Gasteiger charge is 2.14. The molecule has 0 aliphatic rings. The van der Waals surface area contributed by atoms with Crippen LogP contribution in [-0.2, 0) is 6.54 Å². The van der Waals surface area contributed by atoms with Crippen LogP contribution in [0.25, 0.3) is 11.2 Å². The molecule has 126 valence electrons. The van der Waals surface area contributed by atoms with Crippen LogP contribution >= 0.6 is 0 Å². The van der Waals surface area contributed by atoms with Crippen LogP contribution in [-0.4, -0.2) is 21.1 Å². The predicted molar refractivity (Wildman–Crippen MR) is 97.3 cm³/mol. The van der Waals surface area contributed by atoms with Gasteiger partial charge in [-0.25, -0.2) is 9.97 Å². The molecule has 1 aromatic carbocycles. The van der Waals surface area contributed by atoms with E-state index in [-0.39, 0.29) is 0 Å². The molecule has 2 N–H and O–H groups in total. The number of benzene rings is 1. The van der Waals surface area contributed by atoms with E-state index >= 15 is 0 Å². The molecule has 5 heteroatoms. The Morgan fingerprint density at radius 3 is 2.83 bits per heavy atom. The van der Waals surface area contributed by atoms with E-state index in [1.165, 1.54) is 0 Å². The SMILES string of the molecule is Cc1cnc2c(c1)nc(C(C)C)n2CCCOc1cccc(N)c1. The van der Waals surface area contributed by atoms with Gasteiger partial charge >= 0.3 is 0 Å². The average Bonchev–Trinajstić information content (AvgIpc) is 2.89. The lowest BCUT2D eigenvalue weighted by atomic mass is 10.2. The number of hydrogen-bond acceptors (Lipinski definition) is 4. The predicted octanol–water partition coefficient (Wildman–Crippen LogP) is 3.91. The highest BCUT2D eigenvalue weighted by Crippen LogP contribution is 2.22. The summed E-state index contributed by atoms with van der Waals surface area (Å²) in [6.45, 7) is 7.83. The molecule has 0 unspecified atom stereocenters. The highest BCUT2D eigenvalue weighted by atomic mass is 16.5. The van der Waals surface area contributed by atoms with Gasteiger partial charge in [-0.2, -0.15) is 0 Å². The van der Waals surface area contributed by atoms with Crippen molar-refractivity contribution in [2.24, 2.45) is 0 Å². The minimum Gasteiger partial charge on any atom is -0.493 e. The number of aryl methyl sites for hydroxylation is 2. The van der Waals surface area contributed by atoms with Gasteiger partial charge in [-0.1, -0.05) is 19.9 Å². The number of aromatic nitrogens is 3. The molecule has 0 amide bonds. The summed E-state index contributed by atoms with van der Waals surface area (Å²) < 4.78 is 7.99. The second kappa shape index (κ2) is 6.91. The number of ether oxygens (including phenoxy) is 1. The van der Waals surface area contributed by atoms with E-state index in [1.54, 1.807) is 0 Å². The van der Waals surface area contributed by atoms with Crippen LogP contribution in [0.15, 0.2) is 36.5 Å². The minimum atomic E-state index is 0.356. The van der Waals surface area contributed by atoms with Gasteiger partial charge in [0, 0.05) is 30.4 Å². The second-order valence-corrected chi connectivity index (χ2v) is 6.41. The molecule has 0 radical (unpaired) electrons. The molecular formula is C19H24N4O. The van der Waals surface area contributed by atoms with E-state index in [2.05, 4.69) is 29.5 Å². The zero-order chi connectivity index (χ0) is 17.1. The Hall–Kier alpha value is -2.56. The molecule has 0 saturated carbocycles. The highest BCUT2D eigenvalue weighted by molar-refractivity contribution is 5.72. The van der Waals surface area contributed by atoms with Crippen molar-refractivity contribution in [2.75, 3.05) is 12.3 Å². The Labute approximate surface area is 142 Å². The van der Waals surface area contributed by atoms with Gasteiger partial charge < -0.3 is 15.0 Å². The fourth-order valence-electron chi connectivity index (χ4n) is 2.81. The lowest BCUT2D eigenvalue weighted by Crippen LogP contribution is -2.09. The Kier molecular flexibility index (Phi) is 4.69. The molecule has 0 spiro atoms. The smallest absolute Gasteiger partial charge is 0.160 e. The molecule has 0 aliphatic carbocycles. The van der Waals surface area contributed by atoms with Gasteiger partial charge in [-0.3, -0.25) is 0 Å². The van der Waals surface area contributed by atoms with E-state index < -0.39 is 0 Å². The number of fused-ring (bicyclic) bond motifs is 1. The van der Waals surface area contributed by atoms with Crippen LogP contribution in [0.4, 0.5) is 5.69 Å². The molecule has 0 aliphatic heterocycles. The summed E-state index contributed by atoms with van der Waals surface area (Å²) in [5, 5.41) is 0. The number of anilines is 1. The molecule has 0 atom stereocenters. The maximum absolute atomic E-state index is 5.78. The van der Waals surface area contributed by atoms with E-state index in [0.29, 0.717) is 12.5 Å². The maximum atomic E-state index is 5.78. The maximum Gasteiger partial charge on any atom is 0.160 e. The molecular weight excluding hydrogens is 300 g/mol. The van der Waals surface area contributed by atoms with Crippen molar-refractivity contribution in [3.63, 3.8) is 0 Å². The van der Waals surface area contributed by atoms with Crippen molar-refractivity contribution in [3.05, 3.63) is 47.9 Å². The van der Waals surface area contributed by atoms with Gasteiger partial charge in [0.25, 0.3) is 0 Å². The van der Waals surface area contributed by atoms with Crippen LogP contribution in [0.3, 0.4) is 0 Å². The Bertz CT molecular complexity index is 838. The molecule has 0 bridgehead atoms. The topological polar surface area (TPSA) is 66.0 Å². The van der Waals surface area contributed by atoms with E-state index in [0.717, 1.165) is 47.0 Å². The van der Waals surface area contributed by atoms with Gasteiger partial charge in [-0.05, 0) is 37.1 Å². The number of imidazole rings is 1. The number of hydrogen-bond donors (Lipinski definition) is 1. The van der Waals surface area contributed by atoms with Gasteiger partial charge in [0.15, 0.2) is 5.65 Å². The summed E-state index contributed by atoms with van der Waals surface area (Å²) in [4.78, 5) is 9.34. The molecule has 0 fully saturated rings. The molecule has 3 aromatic rings. The first-order valence-corrected chi connectivity index (χ1v) is 8.35. The Balaban J connectivity index is 1.71. The largest absolute Gasteiger partial charge is 0.493 e. The summed E-state index contributed by atoms with van der Waals surface area (Å²) in [5.74, 6) is 2.24. The van der Waals surface area contributed by atoms with E-state index in [4.69, 9.17) is 15.5 Å². The lowest BCUT2D eigenvalue weighted by Gasteiger charge is -2.12. The van der Waals surface area contributed by atoms with Crippen molar-refractivity contribution in [3.8, 4) is 5.75 Å². The zero-order valence-electron chi connectivity index (χ0n) is 14.5. The molecule has 3 rings (SSSR count). The fraction of sp³-hybridized carbons (Fsp3) is 0.368. The summed E-state index contributed by atoms with van der Waals surface area (Å²) in [6.07, 6.45) is 2.78. The molecule has 24 heavy (non-hydrogen) atoms. The number of pyridine rings is 1. The molecule has 0 saturated heterocycles. The number of nitrogens with two attached hydrogens (primary N) is 1. The summed E-state index contributed by atoms with van der Waals surface area (Å²) in [6, 6.07) is 9.61. The van der Waals surface area contributed by atoms with Crippen LogP contribution in [0, 0.1) is 6.92 Å². The standard InChI is InChI=1S/C19H24N4O/c1-13(2)18-22-17-10-14(3)12-21-19(17)23(18)8-5-9-24-16-7-4-6-15(20)11-16/h4,6-7,10-13H,5,8-9,20H2,1-3H3. The second-order valence-electron chi connectivity index (χ2n) is 6.41. The van der Waals surface area contributed by atoms with Crippen molar-refractivity contribution in [1.29, 1.82) is 0 Å². The third-order valence-electron chi connectivity index (χ3n) is 3.92. The number of rotatable bonds is 6. The van der Waals surface area contributed by atoms with Crippen molar-refractivity contribution in [2.45, 2.75) is 39.7 Å². The molecule has 2 heterocycles. The van der Waals surface area contributed by atoms with Crippen molar-refractivity contribution in [1.82, 2.24) is 14.5 Å². The van der Waals surface area contributed by atoms with Gasteiger partial charge in [0.1, 0.15) is 17.1 Å². The first kappa shape index (κ1) is 16.3. The first-order valence-electron chi connectivity index (χ1n) is 8.35. The minimum absolute atomic E-state index is 0.356. The van der Waals surface area contributed by atoms with Gasteiger partial charge in [0.05, 0.1) is 6.61 Å². The fourth-order valence-corrected chi connectivity index (χ4v) is 2.81. The van der Waals surface area contributed by atoms with Crippen molar-refractivity contribution >= 4 is 16.9 Å². The van der Waals surface area contributed by atoms with Gasteiger partial charge in [-0.15, -0.1) is 0 Å². The first-order chi connectivity index (χ1) is 11.5. The number of nitrogens with zero attached hydrogens (tertiary/aromatic N) is 3. The van der Waals surface area contributed by atoms with Crippen LogP contribution in [0.2, 0.25) is 0 Å². The van der Waals surface area contributed by atoms with E-state index in [9.17, 15) is 0 Å². The Morgan fingerprint density at radius 2 is 2.08 bits per heavy atom. The zero-order valence-corrected chi connectivity index (χ0v) is 14.5. The quantitative estimate of drug-likeness (QED) is 0.551. The summed E-state index contributed by atoms with van der Waals surface area (Å²) >= 11 is 0. The molecule has 2 aromatic heterocycles. The normalized spacial score (nSPS) is 11.3. The average molecular weight is 324 g/mol. The Morgan fingerprint density at radius 1 is 1.25 bits per heavy atom. The van der Waals surface area contributed by atoms with Gasteiger partial charge in [0.2, 0.25) is 0 Å². The van der Waals surface area contributed by atoms with Crippen LogP contribution < -0.4 is 10.5 Å². The lowest BCUT2D eigenvalue weighted by molar-refractivity contribution is 0.301.